The van der Waals surface area contributed by atoms with E-state index in [0.29, 0.717) is 22.6 Å². The molecule has 1 unspecified atom stereocenters. The lowest BCUT2D eigenvalue weighted by Crippen LogP contribution is -2.50. The molecule has 0 saturated carbocycles. The summed E-state index contributed by atoms with van der Waals surface area (Å²) in [5.74, 6) is -0.149. The van der Waals surface area contributed by atoms with Gasteiger partial charge in [-0.2, -0.15) is 0 Å². The Morgan fingerprint density at radius 2 is 1.96 bits per heavy atom. The Kier molecular flexibility index (Phi) is 3.60. The first kappa shape index (κ1) is 15.1. The maximum atomic E-state index is 14.2. The van der Waals surface area contributed by atoms with Crippen molar-refractivity contribution in [3.8, 4) is 11.1 Å². The Bertz CT molecular complexity index is 790. The van der Waals surface area contributed by atoms with Gasteiger partial charge in [-0.1, -0.05) is 6.07 Å². The number of ketones is 1. The molecular formula is C17H17FN4O. The fourth-order valence-electron chi connectivity index (χ4n) is 2.63. The highest BCUT2D eigenvalue weighted by molar-refractivity contribution is 5.99. The Morgan fingerprint density at radius 1 is 1.26 bits per heavy atom. The Labute approximate surface area is 133 Å². The number of guanidine groups is 1. The predicted molar refractivity (Wildman–Crippen MR) is 86.2 cm³/mol. The van der Waals surface area contributed by atoms with Crippen molar-refractivity contribution in [2.24, 2.45) is 10.7 Å². The summed E-state index contributed by atoms with van der Waals surface area (Å²) in [6.07, 6.45) is 3.19. The largest absolute Gasteiger partial charge is 0.370 e. The number of hydrogen-bond acceptors (Lipinski definition) is 5. The van der Waals surface area contributed by atoms with E-state index in [1.165, 1.54) is 6.07 Å². The van der Waals surface area contributed by atoms with E-state index in [1.807, 2.05) is 0 Å². The van der Waals surface area contributed by atoms with E-state index in [2.05, 4.69) is 9.98 Å². The van der Waals surface area contributed by atoms with Crippen LogP contribution < -0.4 is 5.73 Å². The lowest BCUT2D eigenvalue weighted by atomic mass is 9.85. The average molecular weight is 312 g/mol. The normalized spacial score (nSPS) is 21.3. The van der Waals surface area contributed by atoms with Crippen molar-refractivity contribution >= 4 is 11.7 Å². The number of halogens is 1. The molecule has 2 heterocycles. The summed E-state index contributed by atoms with van der Waals surface area (Å²) in [6, 6.07) is 8.04. The molecule has 0 amide bonds. The third-order valence-electron chi connectivity index (χ3n) is 4.17. The number of likely N-dealkylation sites (N-methyl/N-ethyl adjacent to an activating group) is 1. The minimum atomic E-state index is -1.11. The van der Waals surface area contributed by atoms with Gasteiger partial charge in [0, 0.05) is 25.0 Å². The second-order valence-corrected chi connectivity index (χ2v) is 5.75. The number of Topliss-reactive ketones (excluding diaryl/α,β-unsaturated/α-hetero) is 1. The fraction of sp³-hybridized carbons (Fsp3) is 0.235. The fourth-order valence-corrected chi connectivity index (χ4v) is 2.63. The smallest absolute Gasteiger partial charge is 0.192 e. The zero-order chi connectivity index (χ0) is 16.6. The summed E-state index contributed by atoms with van der Waals surface area (Å²) in [4.78, 5) is 22.4. The van der Waals surface area contributed by atoms with Crippen LogP contribution in [0.4, 0.5) is 4.39 Å². The van der Waals surface area contributed by atoms with Gasteiger partial charge in [0.2, 0.25) is 0 Å². The molecule has 0 bridgehead atoms. The third-order valence-corrected chi connectivity index (χ3v) is 4.17. The summed E-state index contributed by atoms with van der Waals surface area (Å²) >= 11 is 0. The summed E-state index contributed by atoms with van der Waals surface area (Å²) in [7, 11) is 1.71. The van der Waals surface area contributed by atoms with Gasteiger partial charge in [0.15, 0.2) is 11.7 Å². The molecule has 0 fully saturated rings. The van der Waals surface area contributed by atoms with Gasteiger partial charge in [-0.25, -0.2) is 9.38 Å². The molecule has 3 rings (SSSR count). The molecule has 1 aromatic heterocycles. The quantitative estimate of drug-likeness (QED) is 0.920. The predicted octanol–water partition coefficient (Wildman–Crippen LogP) is 1.93. The van der Waals surface area contributed by atoms with Crippen LogP contribution in [0.2, 0.25) is 0 Å². The molecule has 6 heteroatoms. The summed E-state index contributed by atoms with van der Waals surface area (Å²) < 4.78 is 14.2. The number of nitrogens with two attached hydrogens (primary N) is 1. The van der Waals surface area contributed by atoms with Crippen molar-refractivity contribution in [2.45, 2.75) is 12.5 Å². The van der Waals surface area contributed by atoms with E-state index in [0.717, 1.165) is 0 Å². The first-order valence-electron chi connectivity index (χ1n) is 7.22. The van der Waals surface area contributed by atoms with Crippen LogP contribution in [0.1, 0.15) is 12.5 Å². The molecule has 118 valence electrons. The molecule has 1 atom stereocenters. The van der Waals surface area contributed by atoms with Crippen molar-refractivity contribution in [1.82, 2.24) is 9.88 Å². The zero-order valence-corrected chi connectivity index (χ0v) is 13.0. The molecule has 5 nitrogen and oxygen atoms in total. The molecule has 1 aliphatic rings. The van der Waals surface area contributed by atoms with E-state index >= 15 is 0 Å². The van der Waals surface area contributed by atoms with Gasteiger partial charge in [0.25, 0.3) is 0 Å². The van der Waals surface area contributed by atoms with Gasteiger partial charge in [-0.05, 0) is 42.3 Å². The Hall–Kier alpha value is -2.76. The molecule has 2 aromatic rings. The maximum Gasteiger partial charge on any atom is 0.192 e. The number of hydrogen-bond donors (Lipinski definition) is 1. The number of carbonyl (C=O) groups is 1. The Morgan fingerprint density at radius 3 is 2.65 bits per heavy atom. The van der Waals surface area contributed by atoms with E-state index < -0.39 is 5.54 Å². The van der Waals surface area contributed by atoms with Crippen LogP contribution in [0.25, 0.3) is 11.1 Å². The van der Waals surface area contributed by atoms with Crippen LogP contribution in [0.3, 0.4) is 0 Å². The Balaban J connectivity index is 2.13. The van der Waals surface area contributed by atoms with Gasteiger partial charge >= 0.3 is 0 Å². The van der Waals surface area contributed by atoms with Crippen molar-refractivity contribution in [2.75, 3.05) is 13.6 Å². The molecular weight excluding hydrogens is 295 g/mol. The maximum absolute atomic E-state index is 14.2. The molecule has 1 aromatic carbocycles. The summed E-state index contributed by atoms with van der Waals surface area (Å²) in [5, 5.41) is 0. The average Bonchev–Trinajstić information content (AvgIpc) is 2.54. The third kappa shape index (κ3) is 2.56. The topological polar surface area (TPSA) is 71.6 Å². The number of nitrogens with zero attached hydrogens (tertiary/aromatic N) is 3. The minimum Gasteiger partial charge on any atom is -0.370 e. The second kappa shape index (κ2) is 5.46. The van der Waals surface area contributed by atoms with Crippen molar-refractivity contribution < 1.29 is 9.18 Å². The van der Waals surface area contributed by atoms with E-state index in [4.69, 9.17) is 5.73 Å². The minimum absolute atomic E-state index is 0.0820. The van der Waals surface area contributed by atoms with Gasteiger partial charge in [-0.3, -0.25) is 9.78 Å². The monoisotopic (exact) mass is 312 g/mol. The van der Waals surface area contributed by atoms with Crippen molar-refractivity contribution in [1.29, 1.82) is 0 Å². The number of carbonyl (C=O) groups excluding carboxylic acids is 1. The highest BCUT2D eigenvalue weighted by Crippen LogP contribution is 2.33. The number of aliphatic imine (C=N–C) groups is 1. The second-order valence-electron chi connectivity index (χ2n) is 5.75. The van der Waals surface area contributed by atoms with Crippen LogP contribution in [-0.2, 0) is 10.3 Å². The number of aromatic nitrogens is 1. The number of benzene rings is 1. The SMILES string of the molecule is CN1CC(=O)C(C)(c2ccc(F)c(-c3ccncc3)c2)N=C1N. The van der Waals surface area contributed by atoms with Crippen LogP contribution in [0.5, 0.6) is 0 Å². The van der Waals surface area contributed by atoms with Crippen molar-refractivity contribution in [3.63, 3.8) is 0 Å². The zero-order valence-electron chi connectivity index (χ0n) is 13.0. The number of rotatable bonds is 2. The standard InChI is InChI=1S/C17H17FN4O/c1-17(15(23)10-22(2)16(19)21-17)12-3-4-14(18)13(9-12)11-5-7-20-8-6-11/h3-9H,10H2,1-2H3,(H2,19,21). The summed E-state index contributed by atoms with van der Waals surface area (Å²) in [6.45, 7) is 1.88. The van der Waals surface area contributed by atoms with E-state index in [1.54, 1.807) is 55.5 Å². The molecule has 1 aliphatic heterocycles. The highest BCUT2D eigenvalue weighted by atomic mass is 19.1. The lowest BCUT2D eigenvalue weighted by Gasteiger charge is -2.33. The lowest BCUT2D eigenvalue weighted by molar-refractivity contribution is -0.124. The van der Waals surface area contributed by atoms with Gasteiger partial charge in [0.05, 0.1) is 6.54 Å². The molecule has 0 radical (unpaired) electrons. The van der Waals surface area contributed by atoms with Gasteiger partial charge in [-0.15, -0.1) is 0 Å². The van der Waals surface area contributed by atoms with Gasteiger partial charge < -0.3 is 10.6 Å². The molecule has 0 saturated heterocycles. The number of pyridine rings is 1. The first-order chi connectivity index (χ1) is 10.9. The molecule has 2 N–H and O–H groups in total. The van der Waals surface area contributed by atoms with E-state index in [-0.39, 0.29) is 18.1 Å². The van der Waals surface area contributed by atoms with Crippen LogP contribution >= 0.6 is 0 Å². The van der Waals surface area contributed by atoms with E-state index in [9.17, 15) is 9.18 Å². The summed E-state index contributed by atoms with van der Waals surface area (Å²) in [5.41, 5.74) is 6.49. The van der Waals surface area contributed by atoms with Crippen LogP contribution in [0, 0.1) is 5.82 Å². The van der Waals surface area contributed by atoms with Crippen LogP contribution in [-0.4, -0.2) is 35.2 Å². The highest BCUT2D eigenvalue weighted by Gasteiger charge is 2.39. The van der Waals surface area contributed by atoms with Crippen molar-refractivity contribution in [3.05, 3.63) is 54.1 Å². The molecule has 0 aliphatic carbocycles. The van der Waals surface area contributed by atoms with Gasteiger partial charge in [0.1, 0.15) is 11.4 Å². The molecule has 23 heavy (non-hydrogen) atoms. The molecule has 0 spiro atoms. The van der Waals surface area contributed by atoms with Crippen LogP contribution in [0.15, 0.2) is 47.7 Å². The first-order valence-corrected chi connectivity index (χ1v) is 7.22.